The zero-order valence-corrected chi connectivity index (χ0v) is 11.6. The number of esters is 1. The number of nitrogens with two attached hydrogens (primary N) is 1. The number of carbonyl (C=O) groups excluding carboxylic acids is 1. The lowest BCUT2D eigenvalue weighted by molar-refractivity contribution is 0.0603. The molecule has 0 spiro atoms. The summed E-state index contributed by atoms with van der Waals surface area (Å²) < 4.78 is 4.80. The summed E-state index contributed by atoms with van der Waals surface area (Å²) in [5.41, 5.74) is 8.04. The monoisotopic (exact) mass is 273 g/mol. The summed E-state index contributed by atoms with van der Waals surface area (Å²) in [5, 5.41) is 0. The highest BCUT2D eigenvalue weighted by atomic mass is 16.5. The van der Waals surface area contributed by atoms with E-state index in [-0.39, 0.29) is 5.97 Å². The van der Waals surface area contributed by atoms with Crippen LogP contribution in [0.15, 0.2) is 18.2 Å². The van der Waals surface area contributed by atoms with Crippen LogP contribution in [-0.2, 0) is 4.74 Å². The van der Waals surface area contributed by atoms with Gasteiger partial charge in [-0.15, -0.1) is 0 Å². The van der Waals surface area contributed by atoms with Gasteiger partial charge in [0.15, 0.2) is 0 Å². The van der Waals surface area contributed by atoms with Gasteiger partial charge in [0, 0.05) is 12.0 Å². The van der Waals surface area contributed by atoms with Crippen LogP contribution in [0.2, 0.25) is 0 Å². The summed E-state index contributed by atoms with van der Waals surface area (Å²) in [6, 6.07) is 5.84. The average molecular weight is 273 g/mol. The summed E-state index contributed by atoms with van der Waals surface area (Å²) in [6.07, 6.45) is 4.17. The molecule has 1 saturated carbocycles. The van der Waals surface area contributed by atoms with Crippen molar-refractivity contribution in [3.8, 4) is 0 Å². The molecule has 0 atom stereocenters. The maximum Gasteiger partial charge on any atom is 0.340 e. The number of aromatic amines is 1. The fourth-order valence-electron chi connectivity index (χ4n) is 2.91. The fourth-order valence-corrected chi connectivity index (χ4v) is 2.91. The summed E-state index contributed by atoms with van der Waals surface area (Å²) in [6.45, 7) is 0. The quantitative estimate of drug-likeness (QED) is 0.823. The number of hydrogen-bond donors (Lipinski definition) is 2. The van der Waals surface area contributed by atoms with Crippen molar-refractivity contribution in [2.75, 3.05) is 7.11 Å². The second kappa shape index (κ2) is 5.25. The summed E-state index contributed by atoms with van der Waals surface area (Å²) in [5.74, 6) is 1.02. The minimum Gasteiger partial charge on any atom is -0.465 e. The fraction of sp³-hybridized carbons (Fsp3) is 0.467. The molecule has 5 heteroatoms. The number of fused-ring (bicyclic) bond motifs is 1. The van der Waals surface area contributed by atoms with Gasteiger partial charge in [-0.25, -0.2) is 9.78 Å². The Labute approximate surface area is 117 Å². The average Bonchev–Trinajstić information content (AvgIpc) is 2.91. The Hall–Kier alpha value is -1.88. The Kier molecular flexibility index (Phi) is 3.44. The van der Waals surface area contributed by atoms with Crippen molar-refractivity contribution < 1.29 is 9.53 Å². The van der Waals surface area contributed by atoms with Gasteiger partial charge in [-0.1, -0.05) is 6.07 Å². The molecule has 20 heavy (non-hydrogen) atoms. The third kappa shape index (κ3) is 2.29. The zero-order chi connectivity index (χ0) is 14.1. The molecule has 2 aromatic rings. The van der Waals surface area contributed by atoms with Gasteiger partial charge in [0.1, 0.15) is 11.3 Å². The minimum atomic E-state index is -0.348. The molecule has 1 aromatic carbocycles. The Morgan fingerprint density at radius 1 is 1.35 bits per heavy atom. The molecule has 1 heterocycles. The number of nitrogens with zero attached hydrogens (tertiary/aromatic N) is 1. The van der Waals surface area contributed by atoms with Crippen molar-refractivity contribution in [3.63, 3.8) is 0 Å². The third-order valence-corrected chi connectivity index (χ3v) is 4.09. The van der Waals surface area contributed by atoms with Gasteiger partial charge in [0.05, 0.1) is 18.2 Å². The number of carbonyl (C=O) groups is 1. The lowest BCUT2D eigenvalue weighted by Gasteiger charge is -2.24. The SMILES string of the molecule is COC(=O)c1cccc2[nH]c(C3CCC(N)CC3)nc12. The number of rotatable bonds is 2. The van der Waals surface area contributed by atoms with Crippen LogP contribution in [-0.4, -0.2) is 29.1 Å². The van der Waals surface area contributed by atoms with Crippen LogP contribution in [0.4, 0.5) is 0 Å². The van der Waals surface area contributed by atoms with Crippen LogP contribution in [0.25, 0.3) is 11.0 Å². The number of nitrogens with one attached hydrogen (secondary N) is 1. The number of aromatic nitrogens is 2. The number of methoxy groups -OCH3 is 1. The predicted octanol–water partition coefficient (Wildman–Crippen LogP) is 2.33. The van der Waals surface area contributed by atoms with Gasteiger partial charge in [-0.05, 0) is 37.8 Å². The minimum absolute atomic E-state index is 0.321. The number of benzene rings is 1. The molecule has 0 saturated heterocycles. The molecule has 0 radical (unpaired) electrons. The molecule has 3 N–H and O–H groups in total. The smallest absolute Gasteiger partial charge is 0.340 e. The van der Waals surface area contributed by atoms with Gasteiger partial charge in [0.25, 0.3) is 0 Å². The van der Waals surface area contributed by atoms with E-state index in [1.165, 1.54) is 7.11 Å². The molecule has 3 rings (SSSR count). The Balaban J connectivity index is 1.96. The maximum absolute atomic E-state index is 11.8. The molecular formula is C15H19N3O2. The highest BCUT2D eigenvalue weighted by Gasteiger charge is 2.23. The van der Waals surface area contributed by atoms with Gasteiger partial charge in [0.2, 0.25) is 0 Å². The Morgan fingerprint density at radius 2 is 2.10 bits per heavy atom. The van der Waals surface area contributed by atoms with Gasteiger partial charge in [-0.3, -0.25) is 0 Å². The van der Waals surface area contributed by atoms with E-state index >= 15 is 0 Å². The molecule has 5 nitrogen and oxygen atoms in total. The first-order valence-electron chi connectivity index (χ1n) is 7.01. The number of H-pyrrole nitrogens is 1. The lowest BCUT2D eigenvalue weighted by atomic mass is 9.86. The number of ether oxygens (including phenoxy) is 1. The van der Waals surface area contributed by atoms with Crippen LogP contribution in [0, 0.1) is 0 Å². The van der Waals surface area contributed by atoms with E-state index in [9.17, 15) is 4.79 Å². The van der Waals surface area contributed by atoms with E-state index < -0.39 is 0 Å². The summed E-state index contributed by atoms with van der Waals surface area (Å²) in [7, 11) is 1.39. The first-order valence-corrected chi connectivity index (χ1v) is 7.01. The molecule has 0 aliphatic heterocycles. The standard InChI is InChI=1S/C15H19N3O2/c1-20-15(19)11-3-2-4-12-13(11)18-14(17-12)9-5-7-10(16)8-6-9/h2-4,9-10H,5-8,16H2,1H3,(H,17,18). The van der Waals surface area contributed by atoms with Crippen molar-refractivity contribution in [1.29, 1.82) is 0 Å². The van der Waals surface area contributed by atoms with Crippen molar-refractivity contribution in [2.45, 2.75) is 37.6 Å². The summed E-state index contributed by atoms with van der Waals surface area (Å²) in [4.78, 5) is 19.7. The zero-order valence-electron chi connectivity index (χ0n) is 11.6. The first kappa shape index (κ1) is 13.1. The molecule has 0 unspecified atom stereocenters. The van der Waals surface area contributed by atoms with E-state index in [4.69, 9.17) is 10.5 Å². The lowest BCUT2D eigenvalue weighted by Crippen LogP contribution is -2.26. The van der Waals surface area contributed by atoms with Crippen LogP contribution in [0.3, 0.4) is 0 Å². The van der Waals surface area contributed by atoms with E-state index in [1.807, 2.05) is 12.1 Å². The maximum atomic E-state index is 11.8. The van der Waals surface area contributed by atoms with E-state index in [0.29, 0.717) is 23.0 Å². The molecular weight excluding hydrogens is 254 g/mol. The number of hydrogen-bond acceptors (Lipinski definition) is 4. The normalized spacial score (nSPS) is 22.9. The van der Waals surface area contributed by atoms with Crippen LogP contribution < -0.4 is 5.73 Å². The van der Waals surface area contributed by atoms with Gasteiger partial charge < -0.3 is 15.5 Å². The predicted molar refractivity (Wildman–Crippen MR) is 76.6 cm³/mol. The highest BCUT2D eigenvalue weighted by Crippen LogP contribution is 2.32. The van der Waals surface area contributed by atoms with Gasteiger partial charge in [-0.2, -0.15) is 0 Å². The third-order valence-electron chi connectivity index (χ3n) is 4.09. The van der Waals surface area contributed by atoms with E-state index in [0.717, 1.165) is 37.0 Å². The van der Waals surface area contributed by atoms with Crippen LogP contribution >= 0.6 is 0 Å². The molecule has 1 aliphatic carbocycles. The Morgan fingerprint density at radius 3 is 2.80 bits per heavy atom. The first-order chi connectivity index (χ1) is 9.69. The molecule has 1 aromatic heterocycles. The summed E-state index contributed by atoms with van der Waals surface area (Å²) >= 11 is 0. The van der Waals surface area contributed by atoms with Gasteiger partial charge >= 0.3 is 5.97 Å². The molecule has 0 bridgehead atoms. The molecule has 106 valence electrons. The Bertz CT molecular complexity index is 627. The van der Waals surface area contributed by atoms with Crippen LogP contribution in [0.5, 0.6) is 0 Å². The highest BCUT2D eigenvalue weighted by molar-refractivity contribution is 6.01. The van der Waals surface area contributed by atoms with Crippen molar-refractivity contribution in [3.05, 3.63) is 29.6 Å². The number of imidazole rings is 1. The van der Waals surface area contributed by atoms with Crippen LogP contribution in [0.1, 0.15) is 47.8 Å². The second-order valence-electron chi connectivity index (χ2n) is 5.43. The van der Waals surface area contributed by atoms with Crippen molar-refractivity contribution in [2.24, 2.45) is 5.73 Å². The molecule has 1 fully saturated rings. The van der Waals surface area contributed by atoms with Crippen molar-refractivity contribution >= 4 is 17.0 Å². The second-order valence-corrected chi connectivity index (χ2v) is 5.43. The van der Waals surface area contributed by atoms with E-state index in [2.05, 4.69) is 9.97 Å². The largest absolute Gasteiger partial charge is 0.465 e. The number of para-hydroxylation sites is 1. The topological polar surface area (TPSA) is 81.0 Å². The molecule has 1 aliphatic rings. The van der Waals surface area contributed by atoms with E-state index in [1.54, 1.807) is 6.07 Å². The van der Waals surface area contributed by atoms with Crippen molar-refractivity contribution in [1.82, 2.24) is 9.97 Å². The molecule has 0 amide bonds.